The van der Waals surface area contributed by atoms with Crippen molar-refractivity contribution in [3.63, 3.8) is 0 Å². The monoisotopic (exact) mass is 362 g/mol. The van der Waals surface area contributed by atoms with Gasteiger partial charge in [0.15, 0.2) is 5.82 Å². The zero-order chi connectivity index (χ0) is 17.1. The molecule has 0 saturated carbocycles. The summed E-state index contributed by atoms with van der Waals surface area (Å²) >= 11 is 6.11. The number of halogens is 1. The molecule has 25 heavy (non-hydrogen) atoms. The fourth-order valence-corrected chi connectivity index (χ4v) is 2.96. The molecule has 2 aliphatic rings. The first-order valence-corrected chi connectivity index (χ1v) is 8.71. The minimum Gasteiger partial charge on any atom is -0.378 e. The second-order valence-electron chi connectivity index (χ2n) is 5.82. The number of hydrogen-bond donors (Lipinski definition) is 0. The van der Waals surface area contributed by atoms with E-state index in [2.05, 4.69) is 29.7 Å². The number of aromatic nitrogens is 4. The Morgan fingerprint density at radius 2 is 1.40 bits per heavy atom. The van der Waals surface area contributed by atoms with Crippen LogP contribution in [0.15, 0.2) is 18.3 Å². The second-order valence-corrected chi connectivity index (χ2v) is 6.25. The molecule has 0 spiro atoms. The Bertz CT molecular complexity index is 698. The van der Waals surface area contributed by atoms with E-state index in [4.69, 9.17) is 21.1 Å². The van der Waals surface area contributed by atoms with Gasteiger partial charge in [0.25, 0.3) is 0 Å². The maximum atomic E-state index is 6.11. The molecule has 2 fully saturated rings. The predicted molar refractivity (Wildman–Crippen MR) is 94.1 cm³/mol. The summed E-state index contributed by atoms with van der Waals surface area (Å²) in [4.78, 5) is 22.5. The van der Waals surface area contributed by atoms with E-state index in [9.17, 15) is 0 Å². The van der Waals surface area contributed by atoms with Gasteiger partial charge in [0.2, 0.25) is 11.9 Å². The molecule has 0 N–H and O–H groups in total. The Labute approximate surface area is 150 Å². The first-order chi connectivity index (χ1) is 12.3. The van der Waals surface area contributed by atoms with E-state index in [1.807, 2.05) is 0 Å². The molecule has 0 unspecified atom stereocenters. The van der Waals surface area contributed by atoms with E-state index in [1.54, 1.807) is 18.3 Å². The lowest BCUT2D eigenvalue weighted by atomic mass is 10.3. The molecule has 0 atom stereocenters. The van der Waals surface area contributed by atoms with Crippen molar-refractivity contribution in [3.8, 4) is 11.5 Å². The van der Waals surface area contributed by atoms with Crippen molar-refractivity contribution in [2.45, 2.75) is 0 Å². The predicted octanol–water partition coefficient (Wildman–Crippen LogP) is 1.26. The van der Waals surface area contributed by atoms with Gasteiger partial charge in [0.1, 0.15) is 5.69 Å². The molecule has 0 aromatic carbocycles. The molecule has 2 saturated heterocycles. The van der Waals surface area contributed by atoms with E-state index in [1.165, 1.54) is 0 Å². The van der Waals surface area contributed by atoms with Gasteiger partial charge in [-0.1, -0.05) is 11.6 Å². The molecular formula is C16H19ClN6O2. The second kappa shape index (κ2) is 7.47. The normalized spacial score (nSPS) is 18.4. The van der Waals surface area contributed by atoms with E-state index in [0.29, 0.717) is 54.9 Å². The fourth-order valence-electron chi connectivity index (χ4n) is 2.81. The minimum absolute atomic E-state index is 0.528. The van der Waals surface area contributed by atoms with Crippen LogP contribution >= 0.6 is 11.6 Å². The van der Waals surface area contributed by atoms with Crippen LogP contribution in [-0.4, -0.2) is 72.5 Å². The lowest BCUT2D eigenvalue weighted by Gasteiger charge is -2.30. The minimum atomic E-state index is 0.528. The fraction of sp³-hybridized carbons (Fsp3) is 0.500. The number of pyridine rings is 1. The molecule has 132 valence electrons. The van der Waals surface area contributed by atoms with Gasteiger partial charge >= 0.3 is 0 Å². The Hall–Kier alpha value is -2.03. The number of nitrogens with zero attached hydrogens (tertiary/aromatic N) is 6. The summed E-state index contributed by atoms with van der Waals surface area (Å²) in [6.07, 6.45) is 1.66. The highest BCUT2D eigenvalue weighted by Gasteiger charge is 2.21. The van der Waals surface area contributed by atoms with Crippen LogP contribution in [0, 0.1) is 0 Å². The topological polar surface area (TPSA) is 76.5 Å². The largest absolute Gasteiger partial charge is 0.378 e. The van der Waals surface area contributed by atoms with E-state index in [0.717, 1.165) is 26.2 Å². The summed E-state index contributed by atoms with van der Waals surface area (Å²) in [6, 6.07) is 3.50. The van der Waals surface area contributed by atoms with Crippen LogP contribution in [-0.2, 0) is 9.47 Å². The molecule has 2 aromatic heterocycles. The summed E-state index contributed by atoms with van der Waals surface area (Å²) in [7, 11) is 0. The Balaban J connectivity index is 1.73. The number of rotatable bonds is 3. The van der Waals surface area contributed by atoms with E-state index >= 15 is 0 Å². The smallest absolute Gasteiger partial charge is 0.230 e. The third-order valence-electron chi connectivity index (χ3n) is 4.15. The highest BCUT2D eigenvalue weighted by atomic mass is 35.5. The summed E-state index contributed by atoms with van der Waals surface area (Å²) in [6.45, 7) is 5.72. The standard InChI is InChI=1S/C16H19ClN6O2/c17-12-1-2-18-13(11-12)14-19-15(22-3-7-24-8-4-22)21-16(20-14)23-5-9-25-10-6-23/h1-2,11H,3-10H2. The van der Waals surface area contributed by atoms with Gasteiger partial charge in [-0.3, -0.25) is 4.98 Å². The molecule has 4 rings (SSSR count). The lowest BCUT2D eigenvalue weighted by Crippen LogP contribution is -2.40. The SMILES string of the molecule is Clc1ccnc(-c2nc(N3CCOCC3)nc(N3CCOCC3)n2)c1. The maximum Gasteiger partial charge on any atom is 0.230 e. The lowest BCUT2D eigenvalue weighted by molar-refractivity contribution is 0.121. The van der Waals surface area contributed by atoms with Crippen molar-refractivity contribution >= 4 is 23.5 Å². The molecule has 2 aliphatic heterocycles. The Morgan fingerprint density at radius 3 is 1.92 bits per heavy atom. The summed E-state index contributed by atoms with van der Waals surface area (Å²) in [5, 5.41) is 0.603. The first kappa shape index (κ1) is 16.4. The molecule has 0 bridgehead atoms. The molecule has 0 amide bonds. The number of morpholine rings is 2. The first-order valence-electron chi connectivity index (χ1n) is 8.33. The van der Waals surface area contributed by atoms with Crippen molar-refractivity contribution in [2.75, 3.05) is 62.4 Å². The van der Waals surface area contributed by atoms with Crippen LogP contribution < -0.4 is 9.80 Å². The van der Waals surface area contributed by atoms with Crippen molar-refractivity contribution in [3.05, 3.63) is 23.4 Å². The third kappa shape index (κ3) is 3.81. The molecular weight excluding hydrogens is 344 g/mol. The van der Waals surface area contributed by atoms with Gasteiger partial charge in [-0.25, -0.2) is 0 Å². The summed E-state index contributed by atoms with van der Waals surface area (Å²) in [5.41, 5.74) is 0.638. The molecule has 0 aliphatic carbocycles. The maximum absolute atomic E-state index is 6.11. The Morgan fingerprint density at radius 1 is 0.840 bits per heavy atom. The molecule has 8 nitrogen and oxygen atoms in total. The quantitative estimate of drug-likeness (QED) is 0.807. The van der Waals surface area contributed by atoms with Crippen LogP contribution in [0.4, 0.5) is 11.9 Å². The van der Waals surface area contributed by atoms with Crippen molar-refractivity contribution in [1.29, 1.82) is 0 Å². The molecule has 9 heteroatoms. The average Bonchev–Trinajstić information content (AvgIpc) is 2.69. The van der Waals surface area contributed by atoms with Gasteiger partial charge in [0, 0.05) is 37.4 Å². The van der Waals surface area contributed by atoms with Crippen LogP contribution in [0.1, 0.15) is 0 Å². The molecule has 4 heterocycles. The zero-order valence-electron chi connectivity index (χ0n) is 13.8. The van der Waals surface area contributed by atoms with Gasteiger partial charge in [-0.05, 0) is 12.1 Å². The Kier molecular flexibility index (Phi) is 4.91. The number of ether oxygens (including phenoxy) is 2. The van der Waals surface area contributed by atoms with Crippen LogP contribution in [0.25, 0.3) is 11.5 Å². The molecule has 0 radical (unpaired) electrons. The van der Waals surface area contributed by atoms with E-state index in [-0.39, 0.29) is 0 Å². The van der Waals surface area contributed by atoms with Crippen molar-refractivity contribution < 1.29 is 9.47 Å². The van der Waals surface area contributed by atoms with Gasteiger partial charge in [0.05, 0.1) is 26.4 Å². The highest BCUT2D eigenvalue weighted by Crippen LogP contribution is 2.23. The molecule has 2 aromatic rings. The highest BCUT2D eigenvalue weighted by molar-refractivity contribution is 6.30. The van der Waals surface area contributed by atoms with Gasteiger partial charge in [-0.2, -0.15) is 15.0 Å². The summed E-state index contributed by atoms with van der Waals surface area (Å²) < 4.78 is 10.9. The van der Waals surface area contributed by atoms with E-state index < -0.39 is 0 Å². The number of anilines is 2. The van der Waals surface area contributed by atoms with Crippen LogP contribution in [0.2, 0.25) is 5.02 Å². The third-order valence-corrected chi connectivity index (χ3v) is 4.39. The van der Waals surface area contributed by atoms with Crippen LogP contribution in [0.5, 0.6) is 0 Å². The van der Waals surface area contributed by atoms with Gasteiger partial charge < -0.3 is 19.3 Å². The van der Waals surface area contributed by atoms with Crippen molar-refractivity contribution in [1.82, 2.24) is 19.9 Å². The average molecular weight is 363 g/mol. The summed E-state index contributed by atoms with van der Waals surface area (Å²) in [5.74, 6) is 1.83. The zero-order valence-corrected chi connectivity index (χ0v) is 14.5. The van der Waals surface area contributed by atoms with Gasteiger partial charge in [-0.15, -0.1) is 0 Å². The van der Waals surface area contributed by atoms with Crippen LogP contribution in [0.3, 0.4) is 0 Å². The van der Waals surface area contributed by atoms with Crippen molar-refractivity contribution in [2.24, 2.45) is 0 Å². The number of hydrogen-bond acceptors (Lipinski definition) is 8.